The van der Waals surface area contributed by atoms with Gasteiger partial charge < -0.3 is 9.84 Å². The quantitative estimate of drug-likeness (QED) is 0.787. The highest BCUT2D eigenvalue weighted by Crippen LogP contribution is 2.40. The van der Waals surface area contributed by atoms with Crippen LogP contribution >= 0.6 is 11.3 Å². The molecule has 1 aromatic carbocycles. The van der Waals surface area contributed by atoms with Crippen LogP contribution in [0.25, 0.3) is 4.96 Å². The van der Waals surface area contributed by atoms with Crippen LogP contribution in [0.3, 0.4) is 0 Å². The molecule has 8 heteroatoms. The summed E-state index contributed by atoms with van der Waals surface area (Å²) in [4.78, 5) is 7.87. The van der Waals surface area contributed by atoms with Crippen LogP contribution in [0.2, 0.25) is 0 Å². The summed E-state index contributed by atoms with van der Waals surface area (Å²) in [6, 6.07) is 6.26. The first-order valence-electron chi connectivity index (χ1n) is 7.76. The number of rotatable bonds is 3. The molecular weight excluding hydrogens is 331 g/mol. The van der Waals surface area contributed by atoms with Crippen LogP contribution in [0.1, 0.15) is 22.3 Å². The zero-order valence-electron chi connectivity index (χ0n) is 13.1. The second-order valence-corrected chi connectivity index (χ2v) is 6.76. The lowest BCUT2D eigenvalue weighted by atomic mass is 10.0. The van der Waals surface area contributed by atoms with Crippen LogP contribution in [-0.4, -0.2) is 50.9 Å². The van der Waals surface area contributed by atoms with Crippen LogP contribution in [0.4, 0.5) is 4.39 Å². The van der Waals surface area contributed by atoms with E-state index in [1.54, 1.807) is 13.0 Å². The van der Waals surface area contributed by atoms with Gasteiger partial charge in [-0.2, -0.15) is 4.52 Å². The Hall–Kier alpha value is -2.03. The van der Waals surface area contributed by atoms with Crippen molar-refractivity contribution >= 4 is 16.3 Å². The van der Waals surface area contributed by atoms with Gasteiger partial charge in [0.1, 0.15) is 11.6 Å². The van der Waals surface area contributed by atoms with E-state index in [1.807, 2.05) is 6.07 Å². The molecule has 126 valence electrons. The minimum Gasteiger partial charge on any atom is -0.492 e. The van der Waals surface area contributed by atoms with Crippen molar-refractivity contribution in [1.29, 1.82) is 0 Å². The van der Waals surface area contributed by atoms with Gasteiger partial charge in [0.2, 0.25) is 10.8 Å². The highest BCUT2D eigenvalue weighted by molar-refractivity contribution is 7.17. The van der Waals surface area contributed by atoms with E-state index in [4.69, 9.17) is 4.74 Å². The van der Waals surface area contributed by atoms with E-state index in [1.165, 1.54) is 28.0 Å². The number of nitrogens with zero attached hydrogens (tertiary/aromatic N) is 4. The fraction of sp³-hybridized carbons (Fsp3) is 0.375. The molecule has 1 aliphatic heterocycles. The normalized spacial score (nSPS) is 17.4. The van der Waals surface area contributed by atoms with Crippen LogP contribution < -0.4 is 0 Å². The summed E-state index contributed by atoms with van der Waals surface area (Å²) >= 11 is 1.38. The van der Waals surface area contributed by atoms with Crippen molar-refractivity contribution in [2.75, 3.05) is 26.3 Å². The Bertz CT molecular complexity index is 872. The molecule has 3 heterocycles. The van der Waals surface area contributed by atoms with Crippen LogP contribution in [0, 0.1) is 12.7 Å². The topological polar surface area (TPSA) is 62.9 Å². The van der Waals surface area contributed by atoms with Crippen LogP contribution in [0.15, 0.2) is 24.3 Å². The number of hydrogen-bond acceptors (Lipinski definition) is 6. The number of thiazole rings is 1. The molecule has 3 aromatic rings. The fourth-order valence-corrected chi connectivity index (χ4v) is 4.23. The Morgan fingerprint density at radius 2 is 2.12 bits per heavy atom. The maximum absolute atomic E-state index is 13.8. The number of hydrogen-bond donors (Lipinski definition) is 1. The molecule has 0 aliphatic carbocycles. The SMILES string of the molecule is Cc1nc2sc([C@@H](c3cccc(F)c3)N3CCOCC3)c(O)n2n1. The van der Waals surface area contributed by atoms with E-state index >= 15 is 0 Å². The first-order chi connectivity index (χ1) is 11.6. The van der Waals surface area contributed by atoms with Gasteiger partial charge in [-0.25, -0.2) is 9.37 Å². The molecule has 0 spiro atoms. The maximum atomic E-state index is 13.8. The monoisotopic (exact) mass is 348 g/mol. The van der Waals surface area contributed by atoms with Crippen molar-refractivity contribution in [2.24, 2.45) is 0 Å². The van der Waals surface area contributed by atoms with E-state index in [-0.39, 0.29) is 17.7 Å². The van der Waals surface area contributed by atoms with Crippen LogP contribution in [0.5, 0.6) is 5.88 Å². The van der Waals surface area contributed by atoms with Gasteiger partial charge in [0.15, 0.2) is 0 Å². The first-order valence-corrected chi connectivity index (χ1v) is 8.57. The molecule has 0 unspecified atom stereocenters. The maximum Gasteiger partial charge on any atom is 0.230 e. The molecule has 2 aromatic heterocycles. The Morgan fingerprint density at radius 1 is 1.33 bits per heavy atom. The summed E-state index contributed by atoms with van der Waals surface area (Å²) in [5.41, 5.74) is 0.799. The van der Waals surface area contributed by atoms with E-state index in [2.05, 4.69) is 15.0 Å². The predicted molar refractivity (Wildman–Crippen MR) is 87.9 cm³/mol. The molecular formula is C16H17FN4O2S. The zero-order valence-corrected chi connectivity index (χ0v) is 14.0. The molecule has 24 heavy (non-hydrogen) atoms. The van der Waals surface area contributed by atoms with Crippen molar-refractivity contribution in [3.8, 4) is 5.88 Å². The largest absolute Gasteiger partial charge is 0.492 e. The first kappa shape index (κ1) is 15.5. The molecule has 0 saturated carbocycles. The van der Waals surface area contributed by atoms with Gasteiger partial charge in [0, 0.05) is 13.1 Å². The number of halogens is 1. The third-order valence-electron chi connectivity index (χ3n) is 4.13. The predicted octanol–water partition coefficient (Wildman–Crippen LogP) is 2.37. The number of benzene rings is 1. The number of aromatic nitrogens is 3. The minimum atomic E-state index is -0.291. The molecule has 4 rings (SSSR count). The van der Waals surface area contributed by atoms with Gasteiger partial charge in [0.05, 0.1) is 24.1 Å². The van der Waals surface area contributed by atoms with Crippen LogP contribution in [-0.2, 0) is 4.74 Å². The lowest BCUT2D eigenvalue weighted by Gasteiger charge is -2.34. The van der Waals surface area contributed by atoms with E-state index in [9.17, 15) is 9.50 Å². The lowest BCUT2D eigenvalue weighted by Crippen LogP contribution is -2.39. The molecule has 1 fully saturated rings. The summed E-state index contributed by atoms with van der Waals surface area (Å²) in [7, 11) is 0. The van der Waals surface area contributed by atoms with Crippen molar-refractivity contribution in [3.63, 3.8) is 0 Å². The van der Waals surface area contributed by atoms with Crippen molar-refractivity contribution in [3.05, 3.63) is 46.3 Å². The third-order valence-corrected chi connectivity index (χ3v) is 5.20. The van der Waals surface area contributed by atoms with Gasteiger partial charge in [-0.15, -0.1) is 5.10 Å². The summed E-state index contributed by atoms with van der Waals surface area (Å²) < 4.78 is 20.7. The second-order valence-electron chi connectivity index (χ2n) is 5.75. The van der Waals surface area contributed by atoms with E-state index < -0.39 is 0 Å². The van der Waals surface area contributed by atoms with Gasteiger partial charge in [0.25, 0.3) is 0 Å². The van der Waals surface area contributed by atoms with Gasteiger partial charge >= 0.3 is 0 Å². The average molecular weight is 348 g/mol. The third kappa shape index (κ3) is 2.66. The Morgan fingerprint density at radius 3 is 2.83 bits per heavy atom. The molecule has 0 bridgehead atoms. The molecule has 6 nitrogen and oxygen atoms in total. The number of morpholine rings is 1. The smallest absolute Gasteiger partial charge is 0.230 e. The van der Waals surface area contributed by atoms with E-state index in [0.717, 1.165) is 10.4 Å². The number of ether oxygens (including phenoxy) is 1. The summed E-state index contributed by atoms with van der Waals surface area (Å²) in [5.74, 6) is 0.383. The van der Waals surface area contributed by atoms with Crippen molar-refractivity contribution in [2.45, 2.75) is 13.0 Å². The molecule has 1 atom stereocenters. The Labute approximate surface area is 142 Å². The summed E-state index contributed by atoms with van der Waals surface area (Å²) in [5, 5.41) is 14.9. The lowest BCUT2D eigenvalue weighted by molar-refractivity contribution is 0.0240. The Balaban J connectivity index is 1.84. The fourth-order valence-electron chi connectivity index (χ4n) is 3.07. The zero-order chi connectivity index (χ0) is 16.7. The Kier molecular flexibility index (Phi) is 3.95. The molecule has 1 aliphatic rings. The molecule has 0 amide bonds. The number of aryl methyl sites for hydroxylation is 1. The summed E-state index contributed by atoms with van der Waals surface area (Å²) in [6.07, 6.45) is 0. The molecule has 1 saturated heterocycles. The molecule has 1 N–H and O–H groups in total. The summed E-state index contributed by atoms with van der Waals surface area (Å²) in [6.45, 7) is 4.45. The van der Waals surface area contributed by atoms with Gasteiger partial charge in [-0.3, -0.25) is 4.90 Å². The highest BCUT2D eigenvalue weighted by atomic mass is 32.1. The molecule has 0 radical (unpaired) electrons. The van der Waals surface area contributed by atoms with Crippen molar-refractivity contribution < 1.29 is 14.2 Å². The average Bonchev–Trinajstić information content (AvgIpc) is 3.07. The minimum absolute atomic E-state index is 0.0661. The highest BCUT2D eigenvalue weighted by Gasteiger charge is 2.30. The number of fused-ring (bicyclic) bond motifs is 1. The second kappa shape index (κ2) is 6.12. The standard InChI is InChI=1S/C16H17FN4O2S/c1-10-18-16-21(19-10)15(22)14(24-16)13(20-5-7-23-8-6-20)11-3-2-4-12(17)9-11/h2-4,9,13,22H,5-8H2,1H3/t13-/m1/s1. The van der Waals surface area contributed by atoms with Gasteiger partial charge in [-0.05, 0) is 24.6 Å². The van der Waals surface area contributed by atoms with Gasteiger partial charge in [-0.1, -0.05) is 23.5 Å². The van der Waals surface area contributed by atoms with E-state index in [0.29, 0.717) is 37.1 Å². The van der Waals surface area contributed by atoms with Crippen molar-refractivity contribution in [1.82, 2.24) is 19.5 Å². The number of aromatic hydroxyl groups is 1.